The molecule has 0 fully saturated rings. The number of hydrogen-bond acceptors (Lipinski definition) is 4. The van der Waals surface area contributed by atoms with Gasteiger partial charge < -0.3 is 5.11 Å². The molecule has 1 heterocycles. The largest absolute Gasteiger partial charge is 0.480 e. The summed E-state index contributed by atoms with van der Waals surface area (Å²) >= 11 is 1.59. The fraction of sp³-hybridized carbons (Fsp3) is 0.455. The minimum atomic E-state index is -0.874. The Bertz CT molecular complexity index is 395. The van der Waals surface area contributed by atoms with Gasteiger partial charge in [-0.1, -0.05) is 12.8 Å². The predicted molar refractivity (Wildman–Crippen MR) is 63.2 cm³/mol. The van der Waals surface area contributed by atoms with Gasteiger partial charge in [-0.25, -0.2) is 4.98 Å². The lowest BCUT2D eigenvalue weighted by molar-refractivity contribution is -0.138. The third-order valence-electron chi connectivity index (χ3n) is 1.96. The van der Waals surface area contributed by atoms with Crippen LogP contribution in [0.2, 0.25) is 0 Å². The van der Waals surface area contributed by atoms with Crippen LogP contribution in [0.4, 0.5) is 0 Å². The van der Waals surface area contributed by atoms with Crippen molar-refractivity contribution in [2.45, 2.75) is 19.9 Å². The van der Waals surface area contributed by atoms with Crippen LogP contribution < -0.4 is 0 Å². The fourth-order valence-corrected chi connectivity index (χ4v) is 2.04. The molecule has 5 heteroatoms. The first-order chi connectivity index (χ1) is 7.65. The number of rotatable bonds is 6. The number of thiazole rings is 1. The minimum absolute atomic E-state index is 0.0524. The van der Waals surface area contributed by atoms with Crippen molar-refractivity contribution in [1.82, 2.24) is 9.88 Å². The van der Waals surface area contributed by atoms with Crippen LogP contribution in [0.3, 0.4) is 0 Å². The molecule has 0 saturated heterocycles. The number of carbonyl (C=O) groups is 1. The summed E-state index contributed by atoms with van der Waals surface area (Å²) in [5.74, 6) is 1.58. The Morgan fingerprint density at radius 3 is 3.00 bits per heavy atom. The Hall–Kier alpha value is -1.38. The van der Waals surface area contributed by atoms with E-state index in [1.165, 1.54) is 0 Å². The van der Waals surface area contributed by atoms with Crippen LogP contribution >= 0.6 is 11.3 Å². The first-order valence-electron chi connectivity index (χ1n) is 4.96. The highest BCUT2D eigenvalue weighted by atomic mass is 32.1. The van der Waals surface area contributed by atoms with Crippen LogP contribution in [0.25, 0.3) is 0 Å². The Morgan fingerprint density at radius 2 is 2.50 bits per heavy atom. The first-order valence-corrected chi connectivity index (χ1v) is 5.84. The molecule has 0 aromatic carbocycles. The molecule has 0 aliphatic rings. The summed E-state index contributed by atoms with van der Waals surface area (Å²) in [7, 11) is 0. The van der Waals surface area contributed by atoms with Crippen molar-refractivity contribution in [3.63, 3.8) is 0 Å². The van der Waals surface area contributed by atoms with E-state index in [9.17, 15) is 4.79 Å². The highest BCUT2D eigenvalue weighted by Crippen LogP contribution is 2.11. The van der Waals surface area contributed by atoms with Gasteiger partial charge in [-0.05, 0) is 6.42 Å². The van der Waals surface area contributed by atoms with Crippen LogP contribution in [0.1, 0.15) is 17.6 Å². The van der Waals surface area contributed by atoms with Crippen molar-refractivity contribution >= 4 is 17.3 Å². The zero-order valence-electron chi connectivity index (χ0n) is 9.14. The zero-order chi connectivity index (χ0) is 12.0. The molecule has 0 saturated carbocycles. The van der Waals surface area contributed by atoms with E-state index in [4.69, 9.17) is 11.5 Å². The van der Waals surface area contributed by atoms with E-state index in [0.29, 0.717) is 13.1 Å². The maximum absolute atomic E-state index is 10.6. The number of carboxylic acid groups (broad SMARTS) is 1. The van der Waals surface area contributed by atoms with E-state index in [-0.39, 0.29) is 6.54 Å². The van der Waals surface area contributed by atoms with E-state index in [2.05, 4.69) is 10.9 Å². The van der Waals surface area contributed by atoms with E-state index in [0.717, 1.165) is 17.1 Å². The van der Waals surface area contributed by atoms with Gasteiger partial charge in [0, 0.05) is 11.9 Å². The molecule has 1 N–H and O–H groups in total. The number of hydrogen-bond donors (Lipinski definition) is 1. The van der Waals surface area contributed by atoms with Crippen molar-refractivity contribution in [2.75, 3.05) is 13.1 Å². The number of terminal acetylenes is 1. The number of aromatic nitrogens is 1. The van der Waals surface area contributed by atoms with Crippen molar-refractivity contribution in [1.29, 1.82) is 0 Å². The molecular formula is C11H14N2O2S. The van der Waals surface area contributed by atoms with Crippen molar-refractivity contribution in [2.24, 2.45) is 0 Å². The van der Waals surface area contributed by atoms with Crippen LogP contribution in [0.5, 0.6) is 0 Å². The number of aryl methyl sites for hydroxylation is 1. The molecule has 1 aromatic heterocycles. The second-order valence-electron chi connectivity index (χ2n) is 3.33. The maximum atomic E-state index is 10.6. The molecule has 1 rings (SSSR count). The first kappa shape index (κ1) is 12.7. The van der Waals surface area contributed by atoms with Gasteiger partial charge in [0.2, 0.25) is 0 Å². The van der Waals surface area contributed by atoms with Crippen LogP contribution in [0, 0.1) is 12.3 Å². The molecule has 0 aliphatic carbocycles. The molecule has 0 atom stereocenters. The standard InChI is InChI=1S/C11H14N2O2S/c1-3-5-13(7-11(14)15)6-9-8-16-10(4-2)12-9/h1,8H,4-7H2,2H3,(H,14,15). The molecule has 0 aliphatic heterocycles. The maximum Gasteiger partial charge on any atom is 0.317 e. The van der Waals surface area contributed by atoms with Gasteiger partial charge in [-0.3, -0.25) is 9.69 Å². The molecule has 0 bridgehead atoms. The third kappa shape index (κ3) is 4.01. The van der Waals surface area contributed by atoms with Gasteiger partial charge in [0.05, 0.1) is 23.8 Å². The second kappa shape index (κ2) is 6.26. The van der Waals surface area contributed by atoms with Crippen molar-refractivity contribution in [3.05, 3.63) is 16.1 Å². The summed E-state index contributed by atoms with van der Waals surface area (Å²) in [6, 6.07) is 0. The molecule has 0 spiro atoms. The summed E-state index contributed by atoms with van der Waals surface area (Å²) in [6.45, 7) is 2.81. The quantitative estimate of drug-likeness (QED) is 0.757. The van der Waals surface area contributed by atoms with E-state index >= 15 is 0 Å². The second-order valence-corrected chi connectivity index (χ2v) is 4.27. The molecule has 0 amide bonds. The summed E-state index contributed by atoms with van der Waals surface area (Å²) < 4.78 is 0. The van der Waals surface area contributed by atoms with Crippen molar-refractivity contribution in [3.8, 4) is 12.3 Å². The average molecular weight is 238 g/mol. The number of aliphatic carboxylic acids is 1. The van der Waals surface area contributed by atoms with Crippen LogP contribution in [-0.4, -0.2) is 34.0 Å². The normalized spacial score (nSPS) is 10.3. The minimum Gasteiger partial charge on any atom is -0.480 e. The molecule has 4 nitrogen and oxygen atoms in total. The van der Waals surface area contributed by atoms with E-state index in [1.54, 1.807) is 16.2 Å². The Labute approximate surface area is 98.9 Å². The molecular weight excluding hydrogens is 224 g/mol. The van der Waals surface area contributed by atoms with Gasteiger partial charge in [0.25, 0.3) is 0 Å². The Morgan fingerprint density at radius 1 is 1.75 bits per heavy atom. The highest BCUT2D eigenvalue weighted by molar-refractivity contribution is 7.09. The van der Waals surface area contributed by atoms with E-state index in [1.807, 2.05) is 12.3 Å². The van der Waals surface area contributed by atoms with Gasteiger partial charge in [0.1, 0.15) is 0 Å². The summed E-state index contributed by atoms with van der Waals surface area (Å²) in [6.07, 6.45) is 6.09. The van der Waals surface area contributed by atoms with Crippen LogP contribution in [0.15, 0.2) is 5.38 Å². The van der Waals surface area contributed by atoms with E-state index < -0.39 is 5.97 Å². The number of nitrogens with zero attached hydrogens (tertiary/aromatic N) is 2. The van der Waals surface area contributed by atoms with Gasteiger partial charge in [-0.15, -0.1) is 17.8 Å². The highest BCUT2D eigenvalue weighted by Gasteiger charge is 2.10. The predicted octanol–water partition coefficient (Wildman–Crippen LogP) is 1.23. The SMILES string of the molecule is C#CCN(CC(=O)O)Cc1csc(CC)n1. The lowest BCUT2D eigenvalue weighted by Gasteiger charge is -2.15. The molecule has 1 aromatic rings. The summed E-state index contributed by atoms with van der Waals surface area (Å²) in [5.41, 5.74) is 0.887. The molecule has 16 heavy (non-hydrogen) atoms. The molecule has 0 unspecified atom stereocenters. The zero-order valence-corrected chi connectivity index (χ0v) is 9.96. The molecule has 0 radical (unpaired) electrons. The fourth-order valence-electron chi connectivity index (χ4n) is 1.30. The van der Waals surface area contributed by atoms with Gasteiger partial charge >= 0.3 is 5.97 Å². The van der Waals surface area contributed by atoms with Gasteiger partial charge in [-0.2, -0.15) is 0 Å². The Balaban J connectivity index is 2.60. The lowest BCUT2D eigenvalue weighted by atomic mass is 10.4. The topological polar surface area (TPSA) is 53.4 Å². The monoisotopic (exact) mass is 238 g/mol. The van der Waals surface area contributed by atoms with Crippen molar-refractivity contribution < 1.29 is 9.90 Å². The average Bonchev–Trinajstić information content (AvgIpc) is 2.65. The summed E-state index contributed by atoms with van der Waals surface area (Å²) in [5, 5.41) is 11.7. The summed E-state index contributed by atoms with van der Waals surface area (Å²) in [4.78, 5) is 16.7. The third-order valence-corrected chi connectivity index (χ3v) is 3.00. The van der Waals surface area contributed by atoms with Gasteiger partial charge in [0.15, 0.2) is 0 Å². The lowest BCUT2D eigenvalue weighted by Crippen LogP contribution is -2.29. The Kier molecular flexibility index (Phi) is 4.96. The smallest absolute Gasteiger partial charge is 0.317 e. The molecule has 86 valence electrons. The van der Waals surface area contributed by atoms with Crippen LogP contribution in [-0.2, 0) is 17.8 Å². The number of carboxylic acids is 1.